The molecule has 0 spiro atoms. The lowest BCUT2D eigenvalue weighted by molar-refractivity contribution is 0.102. The van der Waals surface area contributed by atoms with Crippen LogP contribution in [0, 0.1) is 20.8 Å². The van der Waals surface area contributed by atoms with Crippen molar-refractivity contribution in [1.29, 1.82) is 0 Å². The van der Waals surface area contributed by atoms with Gasteiger partial charge in [0, 0.05) is 5.69 Å². The topological polar surface area (TPSA) is 80.9 Å². The maximum atomic E-state index is 12.0. The van der Waals surface area contributed by atoms with Crippen LogP contribution in [0.5, 0.6) is 0 Å². The molecule has 2 rings (SSSR count). The van der Waals surface area contributed by atoms with E-state index in [1.807, 2.05) is 0 Å². The van der Waals surface area contributed by atoms with Crippen LogP contribution in [0.1, 0.15) is 27.5 Å². The number of carbonyl (C=O) groups is 1. The van der Waals surface area contributed by atoms with Gasteiger partial charge in [-0.3, -0.25) is 10.1 Å². The monoisotopic (exact) mass is 266 g/mol. The molecule has 0 atom stereocenters. The maximum absolute atomic E-state index is 12.0. The summed E-state index contributed by atoms with van der Waals surface area (Å²) in [5.74, 6) is 0.238. The van der Waals surface area contributed by atoms with Gasteiger partial charge in [-0.1, -0.05) is 16.8 Å². The smallest absolute Gasteiger partial charge is 0.263 e. The number of carbonyl (C=O) groups excluding carboxylic acids is 1. The molecule has 2 aromatic rings. The minimum absolute atomic E-state index is 0.157. The number of amides is 1. The van der Waals surface area contributed by atoms with Gasteiger partial charge >= 0.3 is 0 Å². The molecule has 0 unspecified atom stereocenters. The van der Waals surface area contributed by atoms with Gasteiger partial charge in [0.1, 0.15) is 16.5 Å². The number of hydrogen-bond acceptors (Lipinski definition) is 5. The van der Waals surface area contributed by atoms with Gasteiger partial charge in [0.05, 0.1) is 5.69 Å². The van der Waals surface area contributed by atoms with Crippen LogP contribution in [-0.2, 0) is 0 Å². The minimum atomic E-state index is -0.368. The number of hydrogen-bond donors (Lipinski definition) is 1. The van der Waals surface area contributed by atoms with E-state index in [0.29, 0.717) is 22.7 Å². The van der Waals surface area contributed by atoms with Gasteiger partial charge in [-0.25, -0.2) is 9.97 Å². The Hall–Kier alpha value is -1.95. The molecule has 2 aromatic heterocycles. The van der Waals surface area contributed by atoms with Gasteiger partial charge in [-0.2, -0.15) is 0 Å². The molecular formula is C11H11ClN4O2. The number of nitrogens with zero attached hydrogens (tertiary/aromatic N) is 3. The second kappa shape index (κ2) is 4.73. The molecule has 0 saturated carbocycles. The summed E-state index contributed by atoms with van der Waals surface area (Å²) in [6.07, 6.45) is 0. The number of nitrogens with one attached hydrogen (secondary N) is 1. The van der Waals surface area contributed by atoms with Crippen molar-refractivity contribution in [2.75, 3.05) is 5.32 Å². The summed E-state index contributed by atoms with van der Waals surface area (Å²) in [5.41, 5.74) is 1.57. The standard InChI is InChI=1S/C11H11ClN4O2/c1-5-4-8(12)14-11(13-5)15-10(17)9-6(2)16-18-7(9)3/h4H,1-3H3,(H,13,14,15,17). The van der Waals surface area contributed by atoms with E-state index in [9.17, 15) is 4.79 Å². The first-order chi connectivity index (χ1) is 8.47. The highest BCUT2D eigenvalue weighted by Gasteiger charge is 2.18. The number of rotatable bonds is 2. The predicted octanol–water partition coefficient (Wildman–Crippen LogP) is 2.30. The van der Waals surface area contributed by atoms with E-state index in [4.69, 9.17) is 16.1 Å². The van der Waals surface area contributed by atoms with Crippen molar-refractivity contribution in [3.63, 3.8) is 0 Å². The van der Waals surface area contributed by atoms with Crippen molar-refractivity contribution in [2.24, 2.45) is 0 Å². The van der Waals surface area contributed by atoms with Gasteiger partial charge in [0.2, 0.25) is 5.95 Å². The Bertz CT molecular complexity index is 569. The van der Waals surface area contributed by atoms with Crippen molar-refractivity contribution in [3.8, 4) is 0 Å². The van der Waals surface area contributed by atoms with Crippen LogP contribution in [-0.4, -0.2) is 21.0 Å². The van der Waals surface area contributed by atoms with E-state index < -0.39 is 0 Å². The van der Waals surface area contributed by atoms with Crippen LogP contribution in [0.3, 0.4) is 0 Å². The number of aromatic nitrogens is 3. The summed E-state index contributed by atoms with van der Waals surface area (Å²) < 4.78 is 4.92. The third-order valence-electron chi connectivity index (χ3n) is 2.31. The summed E-state index contributed by atoms with van der Waals surface area (Å²) in [5, 5.41) is 6.55. The molecule has 0 saturated heterocycles. The fourth-order valence-electron chi connectivity index (χ4n) is 1.56. The molecule has 1 N–H and O–H groups in total. The van der Waals surface area contributed by atoms with Crippen LogP contribution in [0.4, 0.5) is 5.95 Å². The van der Waals surface area contributed by atoms with Crippen molar-refractivity contribution >= 4 is 23.5 Å². The van der Waals surface area contributed by atoms with E-state index in [-0.39, 0.29) is 17.0 Å². The summed E-state index contributed by atoms with van der Waals surface area (Å²) in [4.78, 5) is 20.0. The lowest BCUT2D eigenvalue weighted by Gasteiger charge is -2.04. The Kier molecular flexibility index (Phi) is 3.29. The lowest BCUT2D eigenvalue weighted by atomic mass is 10.2. The average Bonchev–Trinajstić information content (AvgIpc) is 2.56. The number of anilines is 1. The fraction of sp³-hybridized carbons (Fsp3) is 0.273. The molecular weight excluding hydrogens is 256 g/mol. The molecule has 94 valence electrons. The van der Waals surface area contributed by atoms with Gasteiger partial charge in [0.15, 0.2) is 0 Å². The zero-order chi connectivity index (χ0) is 13.3. The molecule has 7 heteroatoms. The van der Waals surface area contributed by atoms with Gasteiger partial charge in [-0.05, 0) is 26.8 Å². The highest BCUT2D eigenvalue weighted by Crippen LogP contribution is 2.15. The summed E-state index contributed by atoms with van der Waals surface area (Å²) in [6.45, 7) is 5.12. The van der Waals surface area contributed by atoms with Crippen molar-refractivity contribution in [3.05, 3.63) is 33.9 Å². The van der Waals surface area contributed by atoms with Crippen LogP contribution < -0.4 is 5.32 Å². The molecule has 0 aliphatic rings. The Morgan fingerprint density at radius 2 is 2.06 bits per heavy atom. The van der Waals surface area contributed by atoms with Crippen molar-refractivity contribution in [2.45, 2.75) is 20.8 Å². The van der Waals surface area contributed by atoms with Crippen molar-refractivity contribution in [1.82, 2.24) is 15.1 Å². The molecule has 0 radical (unpaired) electrons. The SMILES string of the molecule is Cc1cc(Cl)nc(NC(=O)c2c(C)noc2C)n1. The predicted molar refractivity (Wildman–Crippen MR) is 65.7 cm³/mol. The third-order valence-corrected chi connectivity index (χ3v) is 2.50. The van der Waals surface area contributed by atoms with Crippen LogP contribution in [0.25, 0.3) is 0 Å². The molecule has 2 heterocycles. The number of aryl methyl sites for hydroxylation is 3. The van der Waals surface area contributed by atoms with Gasteiger partial charge < -0.3 is 4.52 Å². The minimum Gasteiger partial charge on any atom is -0.361 e. The Balaban J connectivity index is 2.27. The number of halogens is 1. The van der Waals surface area contributed by atoms with Crippen molar-refractivity contribution < 1.29 is 9.32 Å². The Morgan fingerprint density at radius 3 is 2.61 bits per heavy atom. The molecule has 0 aromatic carbocycles. The van der Waals surface area contributed by atoms with Gasteiger partial charge in [-0.15, -0.1) is 0 Å². The summed E-state index contributed by atoms with van der Waals surface area (Å²) in [7, 11) is 0. The van der Waals surface area contributed by atoms with Gasteiger partial charge in [0.25, 0.3) is 5.91 Å². The zero-order valence-corrected chi connectivity index (χ0v) is 10.9. The van der Waals surface area contributed by atoms with Crippen LogP contribution >= 0.6 is 11.6 Å². The van der Waals surface area contributed by atoms with Crippen LogP contribution in [0.2, 0.25) is 5.15 Å². The molecule has 0 aliphatic carbocycles. The van der Waals surface area contributed by atoms with E-state index in [1.54, 1.807) is 26.8 Å². The molecule has 0 aliphatic heterocycles. The molecule has 0 fully saturated rings. The maximum Gasteiger partial charge on any atom is 0.263 e. The quantitative estimate of drug-likeness (QED) is 0.844. The molecule has 6 nitrogen and oxygen atoms in total. The fourth-order valence-corrected chi connectivity index (χ4v) is 1.80. The zero-order valence-electron chi connectivity index (χ0n) is 10.1. The molecule has 18 heavy (non-hydrogen) atoms. The van der Waals surface area contributed by atoms with E-state index in [2.05, 4.69) is 20.4 Å². The normalized spacial score (nSPS) is 10.4. The van der Waals surface area contributed by atoms with Crippen LogP contribution in [0.15, 0.2) is 10.6 Å². The molecule has 1 amide bonds. The summed E-state index contributed by atoms with van der Waals surface area (Å²) in [6, 6.07) is 1.60. The second-order valence-corrected chi connectivity index (χ2v) is 4.20. The largest absolute Gasteiger partial charge is 0.361 e. The molecule has 0 bridgehead atoms. The van der Waals surface area contributed by atoms with E-state index in [0.717, 1.165) is 0 Å². The summed E-state index contributed by atoms with van der Waals surface area (Å²) >= 11 is 5.79. The Labute approximate surface area is 108 Å². The van der Waals surface area contributed by atoms with E-state index >= 15 is 0 Å². The first-order valence-corrected chi connectivity index (χ1v) is 5.60. The average molecular weight is 267 g/mol. The van der Waals surface area contributed by atoms with E-state index in [1.165, 1.54) is 0 Å². The highest BCUT2D eigenvalue weighted by molar-refractivity contribution is 6.29. The highest BCUT2D eigenvalue weighted by atomic mass is 35.5. The lowest BCUT2D eigenvalue weighted by Crippen LogP contribution is -2.16. The second-order valence-electron chi connectivity index (χ2n) is 3.81. The third kappa shape index (κ3) is 2.48. The first-order valence-electron chi connectivity index (χ1n) is 5.23. The Morgan fingerprint density at radius 1 is 1.33 bits per heavy atom. The first kappa shape index (κ1) is 12.5.